The summed E-state index contributed by atoms with van der Waals surface area (Å²) in [6.07, 6.45) is 5.65. The quantitative estimate of drug-likeness (QED) is 0.614. The van der Waals surface area contributed by atoms with Crippen molar-refractivity contribution in [3.63, 3.8) is 0 Å². The molecule has 2 unspecified atom stereocenters. The van der Waals surface area contributed by atoms with E-state index < -0.39 is 23.9 Å². The number of aromatic nitrogens is 2. The van der Waals surface area contributed by atoms with Gasteiger partial charge in [0.15, 0.2) is 0 Å². The molecule has 26 heavy (non-hydrogen) atoms. The first kappa shape index (κ1) is 18.1. The number of likely N-dealkylation sites (tertiary alicyclic amines) is 1. The molecule has 140 valence electrons. The number of hydrogen-bond donors (Lipinski definition) is 3. The number of hydrogen-bond acceptors (Lipinski definition) is 5. The normalized spacial score (nSPS) is 23.8. The standard InChI is InChI=1S/C17H23N5O4/c18-15(24)14-2-1-5-22(14)17(26)13(7-11-8-19-9-20-11)21-16(25)10-3-4-12(23)6-10/h8-10,13-14H,1-7H2,(H2,18,24)(H,19,20)(H,21,25)/t10-,13?,14?/m1/s1. The second kappa shape index (κ2) is 7.67. The van der Waals surface area contributed by atoms with Crippen LogP contribution >= 0.6 is 0 Å². The molecule has 1 aromatic rings. The number of H-pyrrole nitrogens is 1. The summed E-state index contributed by atoms with van der Waals surface area (Å²) in [6, 6.07) is -1.48. The molecule has 0 radical (unpaired) electrons. The fourth-order valence-corrected chi connectivity index (χ4v) is 3.67. The van der Waals surface area contributed by atoms with Gasteiger partial charge in [0.25, 0.3) is 0 Å². The minimum Gasteiger partial charge on any atom is -0.368 e. The van der Waals surface area contributed by atoms with E-state index in [1.807, 2.05) is 0 Å². The van der Waals surface area contributed by atoms with Crippen molar-refractivity contribution in [2.45, 2.75) is 50.6 Å². The summed E-state index contributed by atoms with van der Waals surface area (Å²) in [4.78, 5) is 56.9. The van der Waals surface area contributed by atoms with Crippen LogP contribution in [0.3, 0.4) is 0 Å². The zero-order chi connectivity index (χ0) is 18.7. The van der Waals surface area contributed by atoms with Gasteiger partial charge in [0, 0.05) is 43.6 Å². The van der Waals surface area contributed by atoms with Crippen molar-refractivity contribution in [3.8, 4) is 0 Å². The monoisotopic (exact) mass is 361 g/mol. The van der Waals surface area contributed by atoms with Gasteiger partial charge in [-0.3, -0.25) is 19.2 Å². The first-order chi connectivity index (χ1) is 12.5. The van der Waals surface area contributed by atoms with Gasteiger partial charge in [0.1, 0.15) is 17.9 Å². The van der Waals surface area contributed by atoms with Crippen molar-refractivity contribution in [2.75, 3.05) is 6.54 Å². The van der Waals surface area contributed by atoms with E-state index in [9.17, 15) is 19.2 Å². The number of ketones is 1. The van der Waals surface area contributed by atoms with Crippen molar-refractivity contribution >= 4 is 23.5 Å². The van der Waals surface area contributed by atoms with Crippen LogP contribution in [0.4, 0.5) is 0 Å². The van der Waals surface area contributed by atoms with E-state index in [1.54, 1.807) is 6.20 Å². The Labute approximate surface area is 150 Å². The molecule has 2 aliphatic rings. The SMILES string of the molecule is NC(=O)C1CCCN1C(=O)C(Cc1cnc[nH]1)NC(=O)[C@@H]1CCC(=O)C1. The Morgan fingerprint density at radius 3 is 2.81 bits per heavy atom. The summed E-state index contributed by atoms with van der Waals surface area (Å²) in [7, 11) is 0. The lowest BCUT2D eigenvalue weighted by Gasteiger charge is -2.28. The van der Waals surface area contributed by atoms with Crippen molar-refractivity contribution in [1.29, 1.82) is 0 Å². The van der Waals surface area contributed by atoms with Gasteiger partial charge >= 0.3 is 0 Å². The average Bonchev–Trinajstić information content (AvgIpc) is 3.34. The van der Waals surface area contributed by atoms with Crippen molar-refractivity contribution < 1.29 is 19.2 Å². The molecule has 1 saturated heterocycles. The maximum atomic E-state index is 13.0. The number of nitrogens with one attached hydrogen (secondary N) is 2. The number of amides is 3. The van der Waals surface area contributed by atoms with Gasteiger partial charge in [0.2, 0.25) is 17.7 Å². The Morgan fingerprint density at radius 1 is 1.38 bits per heavy atom. The highest BCUT2D eigenvalue weighted by atomic mass is 16.2. The lowest BCUT2D eigenvalue weighted by Crippen LogP contribution is -2.54. The number of aromatic amines is 1. The van der Waals surface area contributed by atoms with Crippen LogP contribution in [0.5, 0.6) is 0 Å². The summed E-state index contributed by atoms with van der Waals surface area (Å²) in [6.45, 7) is 0.434. The average molecular weight is 361 g/mol. The topological polar surface area (TPSA) is 138 Å². The molecule has 1 aliphatic heterocycles. The molecule has 1 aliphatic carbocycles. The molecule has 9 nitrogen and oxygen atoms in total. The van der Waals surface area contributed by atoms with Gasteiger partial charge in [-0.2, -0.15) is 0 Å². The molecule has 2 heterocycles. The van der Waals surface area contributed by atoms with Crippen LogP contribution in [-0.4, -0.2) is 57.0 Å². The molecule has 3 amide bonds. The van der Waals surface area contributed by atoms with Crippen molar-refractivity contribution in [2.24, 2.45) is 11.7 Å². The predicted octanol–water partition coefficient (Wildman–Crippen LogP) is -0.717. The predicted molar refractivity (Wildman–Crippen MR) is 90.5 cm³/mol. The molecule has 4 N–H and O–H groups in total. The van der Waals surface area contributed by atoms with Crippen LogP contribution in [0, 0.1) is 5.92 Å². The van der Waals surface area contributed by atoms with E-state index in [-0.39, 0.29) is 30.4 Å². The van der Waals surface area contributed by atoms with Gasteiger partial charge in [-0.1, -0.05) is 0 Å². The summed E-state index contributed by atoms with van der Waals surface area (Å²) in [5.41, 5.74) is 6.10. The number of Topliss-reactive ketones (excluding diaryl/α,β-unsaturated/α-hetero) is 1. The molecule has 9 heteroatoms. The van der Waals surface area contributed by atoms with E-state index in [0.29, 0.717) is 37.9 Å². The number of carbonyl (C=O) groups excluding carboxylic acids is 4. The molecule has 1 saturated carbocycles. The summed E-state index contributed by atoms with van der Waals surface area (Å²) < 4.78 is 0. The zero-order valence-corrected chi connectivity index (χ0v) is 14.4. The van der Waals surface area contributed by atoms with Crippen LogP contribution in [0.25, 0.3) is 0 Å². The number of carbonyl (C=O) groups is 4. The minimum atomic E-state index is -0.835. The highest BCUT2D eigenvalue weighted by Gasteiger charge is 2.38. The second-order valence-corrected chi connectivity index (χ2v) is 6.91. The smallest absolute Gasteiger partial charge is 0.246 e. The minimum absolute atomic E-state index is 0.0647. The maximum Gasteiger partial charge on any atom is 0.246 e. The van der Waals surface area contributed by atoms with E-state index in [2.05, 4.69) is 15.3 Å². The number of nitrogens with zero attached hydrogens (tertiary/aromatic N) is 2. The zero-order valence-electron chi connectivity index (χ0n) is 14.4. The Hall–Kier alpha value is -2.71. The number of rotatable bonds is 6. The summed E-state index contributed by atoms with van der Waals surface area (Å²) >= 11 is 0. The fourth-order valence-electron chi connectivity index (χ4n) is 3.67. The lowest BCUT2D eigenvalue weighted by atomic mass is 10.0. The Balaban J connectivity index is 1.74. The molecular formula is C17H23N5O4. The third-order valence-electron chi connectivity index (χ3n) is 5.07. The Kier molecular flexibility index (Phi) is 5.34. The van der Waals surface area contributed by atoms with Gasteiger partial charge in [-0.25, -0.2) is 4.98 Å². The Bertz CT molecular complexity index is 702. The number of nitrogens with two attached hydrogens (primary N) is 1. The first-order valence-electron chi connectivity index (χ1n) is 8.85. The third kappa shape index (κ3) is 3.92. The summed E-state index contributed by atoms with van der Waals surface area (Å²) in [5, 5.41) is 2.77. The highest BCUT2D eigenvalue weighted by Crippen LogP contribution is 2.23. The highest BCUT2D eigenvalue weighted by molar-refractivity contribution is 5.94. The van der Waals surface area contributed by atoms with Crippen molar-refractivity contribution in [3.05, 3.63) is 18.2 Å². The lowest BCUT2D eigenvalue weighted by molar-refractivity contribution is -0.141. The van der Waals surface area contributed by atoms with E-state index >= 15 is 0 Å². The number of imidazole rings is 1. The molecular weight excluding hydrogens is 338 g/mol. The molecule has 2 fully saturated rings. The largest absolute Gasteiger partial charge is 0.368 e. The van der Waals surface area contributed by atoms with Gasteiger partial charge < -0.3 is 20.9 Å². The van der Waals surface area contributed by atoms with Crippen molar-refractivity contribution in [1.82, 2.24) is 20.2 Å². The molecule has 3 rings (SSSR count). The maximum absolute atomic E-state index is 13.0. The van der Waals surface area contributed by atoms with Crippen LogP contribution in [-0.2, 0) is 25.6 Å². The van der Waals surface area contributed by atoms with E-state index in [0.717, 1.165) is 0 Å². The molecule has 0 bridgehead atoms. The Morgan fingerprint density at radius 2 is 2.19 bits per heavy atom. The van der Waals surface area contributed by atoms with Gasteiger partial charge in [-0.05, 0) is 19.3 Å². The molecule has 0 spiro atoms. The van der Waals surface area contributed by atoms with Crippen LogP contribution in [0.15, 0.2) is 12.5 Å². The van der Waals surface area contributed by atoms with E-state index in [1.165, 1.54) is 11.2 Å². The van der Waals surface area contributed by atoms with Crippen LogP contribution in [0.2, 0.25) is 0 Å². The molecule has 3 atom stereocenters. The first-order valence-corrected chi connectivity index (χ1v) is 8.85. The molecule has 0 aromatic carbocycles. The van der Waals surface area contributed by atoms with Crippen LogP contribution in [0.1, 0.15) is 37.8 Å². The third-order valence-corrected chi connectivity index (χ3v) is 5.07. The number of primary amides is 1. The van der Waals surface area contributed by atoms with Crippen LogP contribution < -0.4 is 11.1 Å². The van der Waals surface area contributed by atoms with Gasteiger partial charge in [0.05, 0.1) is 6.33 Å². The van der Waals surface area contributed by atoms with E-state index in [4.69, 9.17) is 5.73 Å². The second-order valence-electron chi connectivity index (χ2n) is 6.91. The van der Waals surface area contributed by atoms with Gasteiger partial charge in [-0.15, -0.1) is 0 Å². The fraction of sp³-hybridized carbons (Fsp3) is 0.588. The molecule has 1 aromatic heterocycles. The summed E-state index contributed by atoms with van der Waals surface area (Å²) in [5.74, 6) is -1.51.